The van der Waals surface area contributed by atoms with E-state index < -0.39 is 0 Å². The quantitative estimate of drug-likeness (QED) is 0.480. The van der Waals surface area contributed by atoms with Gasteiger partial charge in [0, 0.05) is 20.9 Å². The van der Waals surface area contributed by atoms with Crippen molar-refractivity contribution >= 4 is 49.3 Å². The number of nitrogens with zero attached hydrogens (tertiary/aromatic N) is 1. The van der Waals surface area contributed by atoms with Crippen molar-refractivity contribution in [1.82, 2.24) is 4.57 Å². The van der Waals surface area contributed by atoms with E-state index in [9.17, 15) is 9.59 Å². The molecule has 1 amide bonds. The molecular formula is C22H17BrN2O2. The molecule has 0 radical (unpaired) electrons. The number of carbonyl (C=O) groups excluding carboxylic acids is 1. The van der Waals surface area contributed by atoms with Crippen LogP contribution in [-0.4, -0.2) is 10.5 Å². The maximum absolute atomic E-state index is 12.8. The SMILES string of the molecule is Cc1cc(Br)ccc1NC(=O)Cn1c2ccccc2c(=O)c2ccccc21. The van der Waals surface area contributed by atoms with Gasteiger partial charge in [0.05, 0.1) is 11.0 Å². The fourth-order valence-electron chi connectivity index (χ4n) is 3.35. The average molecular weight is 421 g/mol. The fraction of sp³-hybridized carbons (Fsp3) is 0.0909. The summed E-state index contributed by atoms with van der Waals surface area (Å²) in [5.74, 6) is -0.139. The number of benzene rings is 3. The van der Waals surface area contributed by atoms with Crippen LogP contribution in [0.25, 0.3) is 21.8 Å². The molecule has 4 nitrogen and oxygen atoms in total. The van der Waals surface area contributed by atoms with Crippen LogP contribution in [0.4, 0.5) is 5.69 Å². The van der Waals surface area contributed by atoms with Gasteiger partial charge in [0.25, 0.3) is 0 Å². The highest BCUT2D eigenvalue weighted by Gasteiger charge is 2.13. The van der Waals surface area contributed by atoms with E-state index in [0.29, 0.717) is 10.8 Å². The van der Waals surface area contributed by atoms with Gasteiger partial charge in [-0.2, -0.15) is 0 Å². The summed E-state index contributed by atoms with van der Waals surface area (Å²) in [6.45, 7) is 2.07. The van der Waals surface area contributed by atoms with Gasteiger partial charge >= 0.3 is 0 Å². The number of rotatable bonds is 3. The molecule has 4 rings (SSSR count). The lowest BCUT2D eigenvalue weighted by Gasteiger charge is -2.15. The molecule has 0 bridgehead atoms. The first kappa shape index (κ1) is 17.5. The van der Waals surface area contributed by atoms with E-state index >= 15 is 0 Å². The van der Waals surface area contributed by atoms with Crippen LogP contribution in [0.3, 0.4) is 0 Å². The number of para-hydroxylation sites is 2. The monoisotopic (exact) mass is 420 g/mol. The topological polar surface area (TPSA) is 51.1 Å². The third-order valence-electron chi connectivity index (χ3n) is 4.64. The molecule has 0 atom stereocenters. The van der Waals surface area contributed by atoms with Crippen molar-refractivity contribution in [3.05, 3.63) is 87.0 Å². The Kier molecular flexibility index (Phi) is 4.54. The van der Waals surface area contributed by atoms with Crippen molar-refractivity contribution in [3.63, 3.8) is 0 Å². The zero-order chi connectivity index (χ0) is 19.0. The number of aryl methyl sites for hydroxylation is 1. The Morgan fingerprint density at radius 1 is 0.963 bits per heavy atom. The van der Waals surface area contributed by atoms with Gasteiger partial charge in [-0.05, 0) is 55.0 Å². The second-order valence-corrected chi connectivity index (χ2v) is 7.37. The van der Waals surface area contributed by atoms with Gasteiger partial charge in [-0.15, -0.1) is 0 Å². The molecule has 0 unspecified atom stereocenters. The maximum Gasteiger partial charge on any atom is 0.244 e. The van der Waals surface area contributed by atoms with Gasteiger partial charge < -0.3 is 9.88 Å². The summed E-state index contributed by atoms with van der Waals surface area (Å²) in [6, 6.07) is 20.5. The largest absolute Gasteiger partial charge is 0.331 e. The number of pyridine rings is 1. The van der Waals surface area contributed by atoms with Crippen LogP contribution < -0.4 is 10.7 Å². The van der Waals surface area contributed by atoms with E-state index in [-0.39, 0.29) is 17.9 Å². The Morgan fingerprint density at radius 2 is 1.56 bits per heavy atom. The highest BCUT2D eigenvalue weighted by Crippen LogP contribution is 2.22. The third kappa shape index (κ3) is 3.26. The summed E-state index contributed by atoms with van der Waals surface area (Å²) in [7, 11) is 0. The summed E-state index contributed by atoms with van der Waals surface area (Å²) >= 11 is 3.43. The first-order valence-electron chi connectivity index (χ1n) is 8.61. The Bertz CT molecular complexity index is 1180. The highest BCUT2D eigenvalue weighted by atomic mass is 79.9. The zero-order valence-electron chi connectivity index (χ0n) is 14.7. The van der Waals surface area contributed by atoms with Crippen LogP contribution in [0.2, 0.25) is 0 Å². The molecule has 3 aromatic carbocycles. The van der Waals surface area contributed by atoms with Gasteiger partial charge in [0.1, 0.15) is 6.54 Å². The first-order valence-corrected chi connectivity index (χ1v) is 9.40. The number of hydrogen-bond acceptors (Lipinski definition) is 2. The lowest BCUT2D eigenvalue weighted by molar-refractivity contribution is -0.116. The summed E-state index contributed by atoms with van der Waals surface area (Å²) in [5.41, 5.74) is 3.25. The van der Waals surface area contributed by atoms with E-state index in [1.165, 1.54) is 0 Å². The number of halogens is 1. The summed E-state index contributed by atoms with van der Waals surface area (Å²) in [6.07, 6.45) is 0. The van der Waals surface area contributed by atoms with Crippen LogP contribution in [0.5, 0.6) is 0 Å². The summed E-state index contributed by atoms with van der Waals surface area (Å²) in [4.78, 5) is 25.5. The lowest BCUT2D eigenvalue weighted by Crippen LogP contribution is -2.21. The third-order valence-corrected chi connectivity index (χ3v) is 5.14. The van der Waals surface area contributed by atoms with Crippen LogP contribution in [0, 0.1) is 6.92 Å². The molecule has 0 aliphatic rings. The molecule has 0 saturated carbocycles. The molecule has 1 aromatic heterocycles. The smallest absolute Gasteiger partial charge is 0.244 e. The molecule has 134 valence electrons. The Morgan fingerprint density at radius 3 is 2.15 bits per heavy atom. The number of nitrogens with one attached hydrogen (secondary N) is 1. The van der Waals surface area contributed by atoms with Crippen molar-refractivity contribution in [2.45, 2.75) is 13.5 Å². The minimum Gasteiger partial charge on any atom is -0.331 e. The average Bonchev–Trinajstić information content (AvgIpc) is 2.67. The number of hydrogen-bond donors (Lipinski definition) is 1. The van der Waals surface area contributed by atoms with E-state index in [4.69, 9.17) is 0 Å². The Labute approximate surface area is 164 Å². The minimum atomic E-state index is -0.139. The maximum atomic E-state index is 12.8. The van der Waals surface area contributed by atoms with Crippen molar-refractivity contribution in [3.8, 4) is 0 Å². The molecule has 0 spiro atoms. The number of aromatic nitrogens is 1. The van der Waals surface area contributed by atoms with Gasteiger partial charge in [-0.1, -0.05) is 40.2 Å². The summed E-state index contributed by atoms with van der Waals surface area (Å²) in [5, 5.41) is 4.20. The van der Waals surface area contributed by atoms with Crippen molar-refractivity contribution in [2.24, 2.45) is 0 Å². The van der Waals surface area contributed by atoms with Gasteiger partial charge in [0.2, 0.25) is 5.91 Å². The second kappa shape index (κ2) is 7.00. The number of carbonyl (C=O) groups is 1. The molecular weight excluding hydrogens is 404 g/mol. The van der Waals surface area contributed by atoms with Crippen LogP contribution in [-0.2, 0) is 11.3 Å². The van der Waals surface area contributed by atoms with E-state index in [1.807, 2.05) is 66.1 Å². The molecule has 1 heterocycles. The van der Waals surface area contributed by atoms with E-state index in [0.717, 1.165) is 26.8 Å². The lowest BCUT2D eigenvalue weighted by atomic mass is 10.1. The van der Waals surface area contributed by atoms with E-state index in [2.05, 4.69) is 21.2 Å². The molecule has 0 fully saturated rings. The molecule has 4 aromatic rings. The Balaban J connectivity index is 1.79. The number of fused-ring (bicyclic) bond motifs is 2. The van der Waals surface area contributed by atoms with Crippen molar-refractivity contribution in [1.29, 1.82) is 0 Å². The first-order chi connectivity index (χ1) is 13.0. The molecule has 5 heteroatoms. The van der Waals surface area contributed by atoms with Crippen LogP contribution in [0.1, 0.15) is 5.56 Å². The van der Waals surface area contributed by atoms with Gasteiger partial charge in [0.15, 0.2) is 5.43 Å². The van der Waals surface area contributed by atoms with E-state index in [1.54, 1.807) is 12.1 Å². The Hall–Kier alpha value is -2.92. The predicted molar refractivity (Wildman–Crippen MR) is 113 cm³/mol. The number of amides is 1. The molecule has 0 saturated heterocycles. The van der Waals surface area contributed by atoms with Crippen molar-refractivity contribution < 1.29 is 4.79 Å². The van der Waals surface area contributed by atoms with Crippen LogP contribution >= 0.6 is 15.9 Å². The second-order valence-electron chi connectivity index (χ2n) is 6.46. The predicted octanol–water partition coefficient (Wildman–Crippen LogP) is 4.86. The normalized spacial score (nSPS) is 11.0. The van der Waals surface area contributed by atoms with Gasteiger partial charge in [-0.25, -0.2) is 0 Å². The fourth-order valence-corrected chi connectivity index (χ4v) is 3.82. The molecule has 27 heavy (non-hydrogen) atoms. The van der Waals surface area contributed by atoms with Gasteiger partial charge in [-0.3, -0.25) is 9.59 Å². The summed E-state index contributed by atoms with van der Waals surface area (Å²) < 4.78 is 2.87. The number of anilines is 1. The molecule has 1 N–H and O–H groups in total. The van der Waals surface area contributed by atoms with Crippen molar-refractivity contribution in [2.75, 3.05) is 5.32 Å². The van der Waals surface area contributed by atoms with Crippen LogP contribution in [0.15, 0.2) is 76.0 Å². The standard InChI is InChI=1S/C22H17BrN2O2/c1-14-12-15(23)10-11-18(14)24-21(26)13-25-19-8-4-2-6-16(19)22(27)17-7-3-5-9-20(17)25/h2-12H,13H2,1H3,(H,24,26). The zero-order valence-corrected chi connectivity index (χ0v) is 16.3. The minimum absolute atomic E-state index is 0.0124. The molecule has 0 aliphatic carbocycles. The molecule has 0 aliphatic heterocycles. The highest BCUT2D eigenvalue weighted by molar-refractivity contribution is 9.10.